The molecule has 0 heterocycles. The Morgan fingerprint density at radius 1 is 1.07 bits per heavy atom. The van der Waals surface area contributed by atoms with Crippen molar-refractivity contribution in [2.24, 2.45) is 4.99 Å². The van der Waals surface area contributed by atoms with Gasteiger partial charge >= 0.3 is 6.61 Å². The molecule has 2 aromatic rings. The molecule has 0 amide bonds. The van der Waals surface area contributed by atoms with Crippen LogP contribution in [0, 0.1) is 0 Å². The van der Waals surface area contributed by atoms with Gasteiger partial charge in [-0.1, -0.05) is 42.5 Å². The first-order chi connectivity index (χ1) is 13.5. The maximum atomic E-state index is 12.6. The summed E-state index contributed by atoms with van der Waals surface area (Å²) < 4.78 is 29.7. The maximum Gasteiger partial charge on any atom is 0.387 e. The highest BCUT2D eigenvalue weighted by atomic mass is 19.3. The van der Waals surface area contributed by atoms with E-state index >= 15 is 0 Å². The summed E-state index contributed by atoms with van der Waals surface area (Å²) in [4.78, 5) is 6.72. The largest absolute Gasteiger partial charge is 0.434 e. The van der Waals surface area contributed by atoms with Crippen LogP contribution in [0.2, 0.25) is 0 Å². The fourth-order valence-electron chi connectivity index (χ4n) is 2.74. The zero-order valence-corrected chi connectivity index (χ0v) is 16.6. The fourth-order valence-corrected chi connectivity index (χ4v) is 2.74. The van der Waals surface area contributed by atoms with Crippen molar-refractivity contribution in [3.63, 3.8) is 0 Å². The van der Waals surface area contributed by atoms with Gasteiger partial charge < -0.3 is 20.3 Å². The highest BCUT2D eigenvalue weighted by Crippen LogP contribution is 2.19. The highest BCUT2D eigenvalue weighted by Gasteiger charge is 2.09. The molecule has 0 fully saturated rings. The van der Waals surface area contributed by atoms with Crippen molar-refractivity contribution >= 4 is 5.96 Å². The van der Waals surface area contributed by atoms with Crippen LogP contribution in [0.25, 0.3) is 0 Å². The van der Waals surface area contributed by atoms with Crippen molar-refractivity contribution in [2.75, 3.05) is 20.6 Å². The van der Waals surface area contributed by atoms with Gasteiger partial charge in [0.1, 0.15) is 5.75 Å². The van der Waals surface area contributed by atoms with E-state index in [9.17, 15) is 8.78 Å². The summed E-state index contributed by atoms with van der Waals surface area (Å²) in [7, 11) is 4.07. The van der Waals surface area contributed by atoms with Crippen LogP contribution in [0.1, 0.15) is 23.6 Å². The fraction of sp³-hybridized carbons (Fsp3) is 0.381. The van der Waals surface area contributed by atoms with E-state index in [0.717, 1.165) is 12.1 Å². The third-order valence-electron chi connectivity index (χ3n) is 3.89. The molecule has 0 aliphatic rings. The zero-order valence-electron chi connectivity index (χ0n) is 16.6. The van der Waals surface area contributed by atoms with Gasteiger partial charge in [-0.3, -0.25) is 0 Å². The van der Waals surface area contributed by atoms with Crippen LogP contribution in [0.4, 0.5) is 8.78 Å². The molecule has 2 N–H and O–H groups in total. The van der Waals surface area contributed by atoms with Gasteiger partial charge in [0.2, 0.25) is 0 Å². The van der Waals surface area contributed by atoms with E-state index < -0.39 is 6.61 Å². The molecule has 0 aliphatic heterocycles. The minimum Gasteiger partial charge on any atom is -0.434 e. The minimum atomic E-state index is -2.85. The van der Waals surface area contributed by atoms with E-state index in [4.69, 9.17) is 0 Å². The Morgan fingerprint density at radius 2 is 1.82 bits per heavy atom. The summed E-state index contributed by atoms with van der Waals surface area (Å²) in [5.41, 5.74) is 2.98. The van der Waals surface area contributed by atoms with Gasteiger partial charge in [-0.05, 0) is 38.2 Å². The Balaban J connectivity index is 2.03. The van der Waals surface area contributed by atoms with Crippen molar-refractivity contribution in [1.29, 1.82) is 0 Å². The van der Waals surface area contributed by atoms with Gasteiger partial charge in [0, 0.05) is 25.2 Å². The average molecular weight is 390 g/mol. The van der Waals surface area contributed by atoms with Crippen LogP contribution in [-0.2, 0) is 19.6 Å². The van der Waals surface area contributed by atoms with Gasteiger partial charge in [0.05, 0.1) is 6.54 Å². The predicted molar refractivity (Wildman–Crippen MR) is 109 cm³/mol. The lowest BCUT2D eigenvalue weighted by molar-refractivity contribution is -0.0504. The standard InChI is InChI=1S/C21H28F2N4O/c1-4-24-21(25-13-16-8-7-9-17(12-16)15-27(2)3)26-14-18-10-5-6-11-19(18)28-20(22)23/h5-12,20H,4,13-15H2,1-3H3,(H2,24,25,26). The predicted octanol–water partition coefficient (Wildman–Crippen LogP) is 3.60. The molecule has 7 heteroatoms. The van der Waals surface area contributed by atoms with Gasteiger partial charge in [0.15, 0.2) is 5.96 Å². The van der Waals surface area contributed by atoms with Crippen LogP contribution >= 0.6 is 0 Å². The Labute approximate surface area is 165 Å². The maximum absolute atomic E-state index is 12.6. The average Bonchev–Trinajstić information content (AvgIpc) is 2.64. The molecule has 28 heavy (non-hydrogen) atoms. The molecule has 0 saturated carbocycles. The molecule has 2 aromatic carbocycles. The molecule has 2 rings (SSSR count). The third-order valence-corrected chi connectivity index (χ3v) is 3.89. The molecule has 152 valence electrons. The number of ether oxygens (including phenoxy) is 1. The number of hydrogen-bond donors (Lipinski definition) is 2. The highest BCUT2D eigenvalue weighted by molar-refractivity contribution is 5.79. The second-order valence-electron chi connectivity index (χ2n) is 6.59. The topological polar surface area (TPSA) is 48.9 Å². The van der Waals surface area contributed by atoms with Crippen LogP contribution in [0.5, 0.6) is 5.75 Å². The summed E-state index contributed by atoms with van der Waals surface area (Å²) in [5.74, 6) is 0.782. The van der Waals surface area contributed by atoms with Crippen molar-refractivity contribution in [2.45, 2.75) is 33.2 Å². The number of nitrogens with one attached hydrogen (secondary N) is 2. The molecule has 0 aromatic heterocycles. The molecule has 0 bridgehead atoms. The number of nitrogens with zero attached hydrogens (tertiary/aromatic N) is 2. The summed E-state index contributed by atoms with van der Waals surface area (Å²) in [6.07, 6.45) is 0. The van der Waals surface area contributed by atoms with Crippen molar-refractivity contribution in [3.8, 4) is 5.75 Å². The number of rotatable bonds is 9. The van der Waals surface area contributed by atoms with Crippen LogP contribution in [0.3, 0.4) is 0 Å². The number of alkyl halides is 2. The SMILES string of the molecule is CCNC(=NCc1cccc(CN(C)C)c1)NCc1ccccc1OC(F)F. The van der Waals surface area contributed by atoms with E-state index in [1.807, 2.05) is 33.2 Å². The molecule has 0 radical (unpaired) electrons. The third kappa shape index (κ3) is 7.52. The van der Waals surface area contributed by atoms with E-state index in [1.165, 1.54) is 11.6 Å². The lowest BCUT2D eigenvalue weighted by Gasteiger charge is -2.14. The lowest BCUT2D eigenvalue weighted by Crippen LogP contribution is -2.36. The Morgan fingerprint density at radius 3 is 2.54 bits per heavy atom. The first kappa shape index (κ1) is 21.6. The minimum absolute atomic E-state index is 0.164. The van der Waals surface area contributed by atoms with Crippen LogP contribution in [-0.4, -0.2) is 38.1 Å². The number of hydrogen-bond acceptors (Lipinski definition) is 3. The molecular weight excluding hydrogens is 362 g/mol. The second-order valence-corrected chi connectivity index (χ2v) is 6.59. The number of para-hydroxylation sites is 1. The van der Waals surface area contributed by atoms with Crippen molar-refractivity contribution in [3.05, 3.63) is 65.2 Å². The van der Waals surface area contributed by atoms with Crippen LogP contribution in [0.15, 0.2) is 53.5 Å². The van der Waals surface area contributed by atoms with Gasteiger partial charge in [-0.25, -0.2) is 4.99 Å². The Kier molecular flexibility index (Phi) is 8.68. The molecule has 0 atom stereocenters. The van der Waals surface area contributed by atoms with E-state index in [2.05, 4.69) is 37.4 Å². The first-order valence-corrected chi connectivity index (χ1v) is 9.25. The lowest BCUT2D eigenvalue weighted by atomic mass is 10.1. The molecule has 5 nitrogen and oxygen atoms in total. The smallest absolute Gasteiger partial charge is 0.387 e. The summed E-state index contributed by atoms with van der Waals surface area (Å²) in [6, 6.07) is 15.0. The summed E-state index contributed by atoms with van der Waals surface area (Å²) >= 11 is 0. The zero-order chi connectivity index (χ0) is 20.4. The number of halogens is 2. The molecular formula is C21H28F2N4O. The molecule has 0 aliphatic carbocycles. The van der Waals surface area contributed by atoms with Crippen molar-refractivity contribution in [1.82, 2.24) is 15.5 Å². The summed E-state index contributed by atoms with van der Waals surface area (Å²) in [5, 5.41) is 6.35. The monoisotopic (exact) mass is 390 g/mol. The number of aliphatic imine (C=N–C) groups is 1. The normalized spacial score (nSPS) is 11.8. The molecule has 0 spiro atoms. The summed E-state index contributed by atoms with van der Waals surface area (Å²) in [6.45, 7) is 1.54. The van der Waals surface area contributed by atoms with E-state index in [-0.39, 0.29) is 5.75 Å². The Hall–Kier alpha value is -2.67. The van der Waals surface area contributed by atoms with Gasteiger partial charge in [0.25, 0.3) is 0 Å². The van der Waals surface area contributed by atoms with E-state index in [1.54, 1.807) is 18.2 Å². The van der Waals surface area contributed by atoms with E-state index in [0.29, 0.717) is 31.2 Å². The van der Waals surface area contributed by atoms with Crippen molar-refractivity contribution < 1.29 is 13.5 Å². The Bertz CT molecular complexity index is 766. The molecule has 0 unspecified atom stereocenters. The quantitative estimate of drug-likeness (QED) is 0.507. The molecule has 0 saturated heterocycles. The van der Waals surface area contributed by atoms with Gasteiger partial charge in [-0.2, -0.15) is 8.78 Å². The first-order valence-electron chi connectivity index (χ1n) is 9.25. The number of benzene rings is 2. The van der Waals surface area contributed by atoms with Crippen LogP contribution < -0.4 is 15.4 Å². The van der Waals surface area contributed by atoms with Gasteiger partial charge in [-0.15, -0.1) is 0 Å². The number of guanidine groups is 1. The second kappa shape index (κ2) is 11.2.